The molecule has 37 heavy (non-hydrogen) atoms. The monoisotopic (exact) mass is 502 g/mol. The number of anilines is 1. The second-order valence-electron chi connectivity index (χ2n) is 9.99. The Morgan fingerprint density at radius 3 is 2.32 bits per heavy atom. The van der Waals surface area contributed by atoms with Crippen molar-refractivity contribution in [2.75, 3.05) is 19.0 Å². The number of fused-ring (bicyclic) bond motifs is 3. The summed E-state index contributed by atoms with van der Waals surface area (Å²) in [5.74, 6) is -6.61. The zero-order valence-corrected chi connectivity index (χ0v) is 20.3. The van der Waals surface area contributed by atoms with Gasteiger partial charge in [0.05, 0.1) is 17.0 Å². The van der Waals surface area contributed by atoms with E-state index in [0.717, 1.165) is 0 Å². The lowest BCUT2D eigenvalue weighted by Crippen LogP contribution is -2.43. The Bertz CT molecular complexity index is 1450. The highest BCUT2D eigenvalue weighted by molar-refractivity contribution is 6.22. The lowest BCUT2D eigenvalue weighted by molar-refractivity contribution is -0.126. The maximum Gasteiger partial charge on any atom is 0.255 e. The van der Waals surface area contributed by atoms with Gasteiger partial charge in [-0.05, 0) is 36.3 Å². The average molecular weight is 503 g/mol. The fourth-order valence-corrected chi connectivity index (χ4v) is 6.00. The number of phenolic OH excluding ortho intramolecular Hbond substituents is 1. The number of Topliss-reactive ketones (excluding diaryl/α,β-unsaturated/α-hetero) is 2. The Balaban J connectivity index is 1.67. The van der Waals surface area contributed by atoms with Crippen molar-refractivity contribution in [2.24, 2.45) is 23.5 Å². The summed E-state index contributed by atoms with van der Waals surface area (Å²) in [6.45, 7) is 0. The summed E-state index contributed by atoms with van der Waals surface area (Å²) in [6, 6.07) is 9.93. The van der Waals surface area contributed by atoms with Gasteiger partial charge in [0.1, 0.15) is 22.8 Å². The zero-order valence-electron chi connectivity index (χ0n) is 20.3. The minimum absolute atomic E-state index is 0.0170. The van der Waals surface area contributed by atoms with E-state index in [1.165, 1.54) is 0 Å². The number of aliphatic hydroxyl groups excluding tert-OH is 2. The largest absolute Gasteiger partial charge is 0.511 e. The van der Waals surface area contributed by atoms with Gasteiger partial charge in [-0.25, -0.2) is 0 Å². The molecule has 2 aromatic rings. The van der Waals surface area contributed by atoms with Gasteiger partial charge in [0.25, 0.3) is 5.91 Å². The van der Waals surface area contributed by atoms with Crippen LogP contribution in [0.1, 0.15) is 44.7 Å². The quantitative estimate of drug-likeness (QED) is 0.367. The molecule has 9 nitrogen and oxygen atoms in total. The van der Waals surface area contributed by atoms with E-state index in [9.17, 15) is 34.5 Å². The third kappa shape index (κ3) is 3.61. The van der Waals surface area contributed by atoms with Gasteiger partial charge in [-0.2, -0.15) is 0 Å². The van der Waals surface area contributed by atoms with Gasteiger partial charge in [0.15, 0.2) is 17.3 Å². The van der Waals surface area contributed by atoms with Crippen molar-refractivity contribution in [3.05, 3.63) is 81.3 Å². The highest BCUT2D eigenvalue weighted by Crippen LogP contribution is 2.51. The lowest BCUT2D eigenvalue weighted by atomic mass is 9.62. The molecule has 1 amide bonds. The number of amides is 1. The summed E-state index contributed by atoms with van der Waals surface area (Å²) in [5.41, 5.74) is 6.03. The van der Waals surface area contributed by atoms with E-state index in [1.54, 1.807) is 55.4 Å². The minimum Gasteiger partial charge on any atom is -0.511 e. The molecule has 9 heteroatoms. The molecule has 0 aromatic heterocycles. The molecule has 3 aliphatic rings. The van der Waals surface area contributed by atoms with Crippen molar-refractivity contribution in [3.63, 3.8) is 0 Å². The molecule has 3 unspecified atom stereocenters. The topological polar surface area (TPSA) is 158 Å². The molecule has 0 saturated carbocycles. The number of rotatable bonds is 4. The van der Waals surface area contributed by atoms with Crippen LogP contribution in [-0.2, 0) is 16.0 Å². The number of nitrogens with two attached hydrogens (primary N) is 1. The van der Waals surface area contributed by atoms with Crippen molar-refractivity contribution < 1.29 is 34.5 Å². The van der Waals surface area contributed by atoms with E-state index in [2.05, 4.69) is 0 Å². The number of hydrogen-bond donors (Lipinski definition) is 4. The molecule has 0 bridgehead atoms. The molecule has 0 spiro atoms. The molecule has 0 saturated heterocycles. The lowest BCUT2D eigenvalue weighted by Gasteiger charge is -2.41. The molecule has 0 heterocycles. The van der Waals surface area contributed by atoms with Gasteiger partial charge in [0, 0.05) is 37.3 Å². The molecule has 3 aliphatic carbocycles. The van der Waals surface area contributed by atoms with Crippen LogP contribution < -0.4 is 10.6 Å². The van der Waals surface area contributed by atoms with Gasteiger partial charge >= 0.3 is 0 Å². The fourth-order valence-electron chi connectivity index (χ4n) is 6.00. The number of ketones is 3. The van der Waals surface area contributed by atoms with Crippen molar-refractivity contribution in [3.8, 4) is 5.75 Å². The smallest absolute Gasteiger partial charge is 0.255 e. The first-order chi connectivity index (χ1) is 17.5. The minimum atomic E-state index is -1.19. The number of primary amides is 1. The second kappa shape index (κ2) is 8.62. The van der Waals surface area contributed by atoms with Crippen LogP contribution in [0.15, 0.2) is 59.1 Å². The molecular formula is C28H26N2O7. The first-order valence-corrected chi connectivity index (χ1v) is 11.9. The van der Waals surface area contributed by atoms with Gasteiger partial charge in [-0.15, -0.1) is 0 Å². The predicted octanol–water partition coefficient (Wildman–Crippen LogP) is 2.76. The number of phenols is 1. The van der Waals surface area contributed by atoms with Gasteiger partial charge in [0.2, 0.25) is 0 Å². The molecular weight excluding hydrogens is 476 g/mol. The summed E-state index contributed by atoms with van der Waals surface area (Å²) in [4.78, 5) is 53.7. The maximum absolute atomic E-state index is 13.9. The number of aromatic hydroxyl groups is 1. The summed E-state index contributed by atoms with van der Waals surface area (Å²) in [5, 5.41) is 32.7. The van der Waals surface area contributed by atoms with Crippen LogP contribution >= 0.6 is 0 Å². The van der Waals surface area contributed by atoms with Crippen molar-refractivity contribution >= 4 is 28.9 Å². The normalized spacial score (nSPS) is 22.8. The molecule has 2 aromatic carbocycles. The third-order valence-electron chi connectivity index (χ3n) is 7.63. The number of aliphatic hydroxyl groups is 2. The Morgan fingerprint density at radius 1 is 1.03 bits per heavy atom. The summed E-state index contributed by atoms with van der Waals surface area (Å²) < 4.78 is 0. The molecule has 0 radical (unpaired) electrons. The Labute approximate surface area is 212 Å². The summed E-state index contributed by atoms with van der Waals surface area (Å²) >= 11 is 0. The van der Waals surface area contributed by atoms with Gasteiger partial charge in [-0.1, -0.05) is 30.3 Å². The van der Waals surface area contributed by atoms with E-state index in [1.807, 2.05) is 0 Å². The first kappa shape index (κ1) is 24.3. The number of carbonyl (C=O) groups excluding carboxylic acids is 4. The SMILES string of the molecule is CN(C)c1cc(C(=O)c2ccccc2)c(O)c2c1CC1CC3CC(O)=C(C(N)=O)C(=O)C3C(O)=C1C2=O. The molecule has 190 valence electrons. The number of hydrogen-bond acceptors (Lipinski definition) is 8. The van der Waals surface area contributed by atoms with E-state index in [4.69, 9.17) is 5.73 Å². The van der Waals surface area contributed by atoms with Crippen LogP contribution in [0.2, 0.25) is 0 Å². The summed E-state index contributed by atoms with van der Waals surface area (Å²) in [7, 11) is 3.53. The van der Waals surface area contributed by atoms with Crippen molar-refractivity contribution in [1.29, 1.82) is 0 Å². The van der Waals surface area contributed by atoms with Crippen LogP contribution in [0.5, 0.6) is 5.75 Å². The van der Waals surface area contributed by atoms with Crippen LogP contribution in [0.25, 0.3) is 0 Å². The summed E-state index contributed by atoms with van der Waals surface area (Å²) in [6.07, 6.45) is 0.543. The van der Waals surface area contributed by atoms with Crippen molar-refractivity contribution in [2.45, 2.75) is 19.3 Å². The van der Waals surface area contributed by atoms with Crippen LogP contribution in [0.3, 0.4) is 0 Å². The molecule has 5 rings (SSSR count). The van der Waals surface area contributed by atoms with Crippen LogP contribution in [-0.4, -0.2) is 52.7 Å². The second-order valence-corrected chi connectivity index (χ2v) is 9.99. The number of benzene rings is 2. The highest BCUT2D eigenvalue weighted by Gasteiger charge is 2.50. The fraction of sp³-hybridized carbons (Fsp3) is 0.286. The molecule has 0 aliphatic heterocycles. The molecule has 3 atom stereocenters. The zero-order chi connectivity index (χ0) is 26.8. The average Bonchev–Trinajstić information content (AvgIpc) is 2.83. The number of carbonyl (C=O) groups is 4. The van der Waals surface area contributed by atoms with Gasteiger partial charge in [-0.3, -0.25) is 19.2 Å². The first-order valence-electron chi connectivity index (χ1n) is 11.9. The van der Waals surface area contributed by atoms with Gasteiger partial charge < -0.3 is 26.0 Å². The third-order valence-corrected chi connectivity index (χ3v) is 7.63. The Morgan fingerprint density at radius 2 is 1.70 bits per heavy atom. The van der Waals surface area contributed by atoms with E-state index in [-0.39, 0.29) is 29.5 Å². The molecule has 0 fully saturated rings. The molecule has 5 N–H and O–H groups in total. The number of allylic oxidation sites excluding steroid dienone is 3. The maximum atomic E-state index is 13.9. The van der Waals surface area contributed by atoms with Crippen LogP contribution in [0.4, 0.5) is 5.69 Å². The number of nitrogens with zero attached hydrogens (tertiary/aromatic N) is 1. The van der Waals surface area contributed by atoms with Crippen LogP contribution in [0, 0.1) is 17.8 Å². The predicted molar refractivity (Wildman–Crippen MR) is 134 cm³/mol. The standard InChI is InChI=1S/C28H26N2O7/c1-30(2)17-11-16(23(32)12-6-4-3-5-7-12)24(33)21-15(17)9-13-8-14-10-18(31)22(28(29)37)27(36)20(14)25(34)19(13)26(21)35/h3-7,11,13-14,20,31,33-34H,8-10H2,1-2H3,(H2,29,37). The van der Waals surface area contributed by atoms with E-state index in [0.29, 0.717) is 23.2 Å². The van der Waals surface area contributed by atoms with E-state index < -0.39 is 63.9 Å². The Hall–Kier alpha value is -4.40. The van der Waals surface area contributed by atoms with E-state index >= 15 is 0 Å². The Kier molecular flexibility index (Phi) is 5.66. The van der Waals surface area contributed by atoms with Crippen molar-refractivity contribution in [1.82, 2.24) is 0 Å². The highest BCUT2D eigenvalue weighted by atomic mass is 16.3.